The molecule has 6 heteroatoms. The highest BCUT2D eigenvalue weighted by Crippen LogP contribution is 2.23. The van der Waals surface area contributed by atoms with Crippen molar-refractivity contribution in [2.45, 2.75) is 6.42 Å². The fourth-order valence-corrected chi connectivity index (χ4v) is 1.77. The van der Waals surface area contributed by atoms with Gasteiger partial charge in [-0.2, -0.15) is 9.78 Å². The van der Waals surface area contributed by atoms with E-state index in [4.69, 9.17) is 5.73 Å². The van der Waals surface area contributed by atoms with E-state index >= 15 is 0 Å². The lowest BCUT2D eigenvalue weighted by Crippen LogP contribution is -2.17. The van der Waals surface area contributed by atoms with Gasteiger partial charge in [-0.15, -0.1) is 0 Å². The lowest BCUT2D eigenvalue weighted by atomic mass is 10.2. The van der Waals surface area contributed by atoms with Gasteiger partial charge in [-0.1, -0.05) is 6.07 Å². The Labute approximate surface area is 104 Å². The Morgan fingerprint density at radius 1 is 1.28 bits per heavy atom. The maximum atomic E-state index is 6.07. The van der Waals surface area contributed by atoms with Crippen LogP contribution in [0.1, 0.15) is 6.42 Å². The number of nitrogens with zero attached hydrogens (tertiary/aromatic N) is 5. The van der Waals surface area contributed by atoms with Gasteiger partial charge in [0.2, 0.25) is 5.96 Å². The van der Waals surface area contributed by atoms with Crippen LogP contribution in [0.4, 0.5) is 5.82 Å². The van der Waals surface area contributed by atoms with Crippen LogP contribution < -0.4 is 5.73 Å². The SMILES string of the molecule is Nc1c(-c2ccccn2)cnn1C1=NCCC=N1. The predicted molar refractivity (Wildman–Crippen MR) is 70.7 cm³/mol. The molecule has 90 valence electrons. The van der Waals surface area contributed by atoms with Crippen LogP contribution in [-0.4, -0.2) is 33.5 Å². The molecular formula is C12H12N6. The summed E-state index contributed by atoms with van der Waals surface area (Å²) in [4.78, 5) is 12.7. The van der Waals surface area contributed by atoms with Gasteiger partial charge in [-0.05, 0) is 12.1 Å². The minimum atomic E-state index is 0.506. The van der Waals surface area contributed by atoms with Crippen LogP contribution in [0.25, 0.3) is 11.3 Å². The number of pyridine rings is 1. The first-order valence-corrected chi connectivity index (χ1v) is 5.68. The predicted octanol–water partition coefficient (Wildman–Crippen LogP) is 1.21. The van der Waals surface area contributed by atoms with E-state index < -0.39 is 0 Å². The van der Waals surface area contributed by atoms with E-state index in [-0.39, 0.29) is 0 Å². The molecule has 0 spiro atoms. The molecule has 3 heterocycles. The van der Waals surface area contributed by atoms with Gasteiger partial charge in [-0.3, -0.25) is 4.98 Å². The Bertz CT molecular complexity index is 611. The summed E-state index contributed by atoms with van der Waals surface area (Å²) in [5.74, 6) is 1.03. The van der Waals surface area contributed by atoms with E-state index in [0.29, 0.717) is 11.8 Å². The van der Waals surface area contributed by atoms with Crippen molar-refractivity contribution in [1.29, 1.82) is 0 Å². The molecular weight excluding hydrogens is 228 g/mol. The molecule has 2 N–H and O–H groups in total. The van der Waals surface area contributed by atoms with Crippen LogP contribution in [0.15, 0.2) is 40.6 Å². The highest BCUT2D eigenvalue weighted by molar-refractivity contribution is 5.93. The molecule has 0 amide bonds. The number of hydrogen-bond acceptors (Lipinski definition) is 5. The molecule has 0 saturated heterocycles. The molecule has 3 rings (SSSR count). The lowest BCUT2D eigenvalue weighted by Gasteiger charge is -2.07. The minimum Gasteiger partial charge on any atom is -0.383 e. The number of nitrogens with two attached hydrogens (primary N) is 1. The van der Waals surface area contributed by atoms with Crippen molar-refractivity contribution in [3.63, 3.8) is 0 Å². The smallest absolute Gasteiger partial charge is 0.247 e. The van der Waals surface area contributed by atoms with Crippen molar-refractivity contribution in [3.8, 4) is 11.3 Å². The zero-order chi connectivity index (χ0) is 12.4. The monoisotopic (exact) mass is 240 g/mol. The van der Waals surface area contributed by atoms with Crippen molar-refractivity contribution >= 4 is 18.0 Å². The Balaban J connectivity index is 2.03. The van der Waals surface area contributed by atoms with Crippen LogP contribution in [0.5, 0.6) is 0 Å². The van der Waals surface area contributed by atoms with Gasteiger partial charge in [0.05, 0.1) is 17.5 Å². The van der Waals surface area contributed by atoms with Gasteiger partial charge in [0.15, 0.2) is 0 Å². The van der Waals surface area contributed by atoms with Gasteiger partial charge < -0.3 is 5.73 Å². The summed E-state index contributed by atoms with van der Waals surface area (Å²) in [6.07, 6.45) is 6.09. The molecule has 2 aromatic heterocycles. The first-order chi connectivity index (χ1) is 8.86. The number of aromatic nitrogens is 3. The summed E-state index contributed by atoms with van der Waals surface area (Å²) in [7, 11) is 0. The Morgan fingerprint density at radius 3 is 2.94 bits per heavy atom. The van der Waals surface area contributed by atoms with Crippen LogP contribution in [0, 0.1) is 0 Å². The topological polar surface area (TPSA) is 81.5 Å². The van der Waals surface area contributed by atoms with E-state index in [1.54, 1.807) is 17.1 Å². The molecule has 0 unspecified atom stereocenters. The number of hydrogen-bond donors (Lipinski definition) is 1. The van der Waals surface area contributed by atoms with Gasteiger partial charge in [0.1, 0.15) is 5.82 Å². The summed E-state index contributed by atoms with van der Waals surface area (Å²) in [5, 5.41) is 4.22. The average molecular weight is 240 g/mol. The summed E-state index contributed by atoms with van der Waals surface area (Å²) >= 11 is 0. The Morgan fingerprint density at radius 2 is 2.22 bits per heavy atom. The van der Waals surface area contributed by atoms with Gasteiger partial charge in [0, 0.05) is 25.4 Å². The van der Waals surface area contributed by atoms with Crippen LogP contribution in [0.3, 0.4) is 0 Å². The fraction of sp³-hybridized carbons (Fsp3) is 0.167. The van der Waals surface area contributed by atoms with Crippen LogP contribution in [-0.2, 0) is 0 Å². The number of rotatable bonds is 1. The molecule has 0 aromatic carbocycles. The van der Waals surface area contributed by atoms with Crippen molar-refractivity contribution in [2.75, 3.05) is 12.3 Å². The first kappa shape index (κ1) is 10.6. The molecule has 2 aromatic rings. The van der Waals surface area contributed by atoms with E-state index in [1.807, 2.05) is 24.4 Å². The zero-order valence-corrected chi connectivity index (χ0v) is 9.69. The van der Waals surface area contributed by atoms with Gasteiger partial charge in [0.25, 0.3) is 0 Å². The molecule has 1 aliphatic rings. The minimum absolute atomic E-state index is 0.506. The third-order valence-corrected chi connectivity index (χ3v) is 2.65. The molecule has 1 aliphatic heterocycles. The molecule has 0 bridgehead atoms. The van der Waals surface area contributed by atoms with Crippen molar-refractivity contribution in [2.24, 2.45) is 9.98 Å². The highest BCUT2D eigenvalue weighted by atomic mass is 15.4. The largest absolute Gasteiger partial charge is 0.383 e. The second-order valence-electron chi connectivity index (χ2n) is 3.85. The third kappa shape index (κ3) is 1.77. The third-order valence-electron chi connectivity index (χ3n) is 2.65. The molecule has 6 nitrogen and oxygen atoms in total. The lowest BCUT2D eigenvalue weighted by molar-refractivity contribution is 0.894. The second kappa shape index (κ2) is 4.40. The van der Waals surface area contributed by atoms with E-state index in [0.717, 1.165) is 24.2 Å². The molecule has 0 atom stereocenters. The molecule has 0 radical (unpaired) electrons. The normalized spacial score (nSPS) is 14.6. The standard InChI is InChI=1S/C12H12N6/c13-11-9(10-4-1-2-5-14-10)8-17-18(11)12-15-6-3-7-16-12/h1-2,4-6,8H,3,7,13H2. The van der Waals surface area contributed by atoms with Crippen molar-refractivity contribution < 1.29 is 0 Å². The van der Waals surface area contributed by atoms with Crippen LogP contribution >= 0.6 is 0 Å². The maximum Gasteiger partial charge on any atom is 0.247 e. The first-order valence-electron chi connectivity index (χ1n) is 5.68. The van der Waals surface area contributed by atoms with E-state index in [2.05, 4.69) is 20.1 Å². The Hall–Kier alpha value is -2.50. The van der Waals surface area contributed by atoms with E-state index in [9.17, 15) is 0 Å². The van der Waals surface area contributed by atoms with Gasteiger partial charge in [-0.25, -0.2) is 9.98 Å². The quantitative estimate of drug-likeness (QED) is 0.813. The maximum absolute atomic E-state index is 6.07. The summed E-state index contributed by atoms with van der Waals surface area (Å²) < 4.78 is 1.54. The molecule has 18 heavy (non-hydrogen) atoms. The molecule has 0 aliphatic carbocycles. The van der Waals surface area contributed by atoms with Gasteiger partial charge >= 0.3 is 0 Å². The molecule has 0 fully saturated rings. The summed E-state index contributed by atoms with van der Waals surface area (Å²) in [6.45, 7) is 0.719. The summed E-state index contributed by atoms with van der Waals surface area (Å²) in [5.41, 5.74) is 7.66. The number of anilines is 1. The highest BCUT2D eigenvalue weighted by Gasteiger charge is 2.14. The Kier molecular flexibility index (Phi) is 2.60. The number of nitrogen functional groups attached to an aromatic ring is 1. The van der Waals surface area contributed by atoms with Crippen LogP contribution in [0.2, 0.25) is 0 Å². The zero-order valence-electron chi connectivity index (χ0n) is 9.69. The van der Waals surface area contributed by atoms with Crippen molar-refractivity contribution in [3.05, 3.63) is 30.6 Å². The molecule has 0 saturated carbocycles. The number of aliphatic imine (C=N–C) groups is 2. The van der Waals surface area contributed by atoms with E-state index in [1.165, 1.54) is 0 Å². The fourth-order valence-electron chi connectivity index (χ4n) is 1.77. The summed E-state index contributed by atoms with van der Waals surface area (Å²) in [6, 6.07) is 5.67. The average Bonchev–Trinajstić information content (AvgIpc) is 2.83. The second-order valence-corrected chi connectivity index (χ2v) is 3.85. The van der Waals surface area contributed by atoms with Crippen molar-refractivity contribution in [1.82, 2.24) is 14.8 Å².